The van der Waals surface area contributed by atoms with Gasteiger partial charge in [-0.3, -0.25) is 4.79 Å². The van der Waals surface area contributed by atoms with E-state index in [1.807, 2.05) is 35.2 Å². The van der Waals surface area contributed by atoms with Crippen LogP contribution in [0.2, 0.25) is 0 Å². The van der Waals surface area contributed by atoms with Crippen molar-refractivity contribution in [3.63, 3.8) is 0 Å². The maximum absolute atomic E-state index is 12.8. The van der Waals surface area contributed by atoms with Gasteiger partial charge in [-0.25, -0.2) is 0 Å². The third-order valence-corrected chi connectivity index (χ3v) is 5.56. The van der Waals surface area contributed by atoms with Crippen LogP contribution in [0.4, 0.5) is 5.82 Å². The van der Waals surface area contributed by atoms with E-state index in [2.05, 4.69) is 15.1 Å². The molecule has 32 heavy (non-hydrogen) atoms. The van der Waals surface area contributed by atoms with Crippen molar-refractivity contribution in [1.82, 2.24) is 15.1 Å². The number of carbonyl (C=O) groups excluding carboxylic acids is 1. The molecular formula is C24H26N4O4. The number of hydrogen-bond donors (Lipinski definition) is 0. The van der Waals surface area contributed by atoms with Crippen molar-refractivity contribution in [3.8, 4) is 28.5 Å². The van der Waals surface area contributed by atoms with E-state index in [9.17, 15) is 4.79 Å². The number of methoxy groups -OCH3 is 3. The summed E-state index contributed by atoms with van der Waals surface area (Å²) >= 11 is 0. The summed E-state index contributed by atoms with van der Waals surface area (Å²) in [6, 6.07) is 16.8. The number of anilines is 1. The van der Waals surface area contributed by atoms with Crippen LogP contribution in [0.5, 0.6) is 17.2 Å². The molecule has 2 heterocycles. The molecule has 4 rings (SSSR count). The molecule has 0 saturated carbocycles. The average Bonchev–Trinajstić information content (AvgIpc) is 2.88. The second-order valence-corrected chi connectivity index (χ2v) is 7.35. The molecule has 1 amide bonds. The molecule has 0 aliphatic carbocycles. The Hall–Kier alpha value is -3.81. The summed E-state index contributed by atoms with van der Waals surface area (Å²) in [5, 5.41) is 8.80. The van der Waals surface area contributed by atoms with Crippen molar-refractivity contribution in [3.05, 3.63) is 60.2 Å². The first-order valence-electron chi connectivity index (χ1n) is 10.4. The Labute approximate surface area is 187 Å². The van der Waals surface area contributed by atoms with Gasteiger partial charge in [0.15, 0.2) is 17.3 Å². The van der Waals surface area contributed by atoms with Crippen molar-refractivity contribution in [2.45, 2.75) is 0 Å². The van der Waals surface area contributed by atoms with Gasteiger partial charge in [-0.1, -0.05) is 0 Å². The van der Waals surface area contributed by atoms with E-state index in [4.69, 9.17) is 14.2 Å². The molecule has 166 valence electrons. The van der Waals surface area contributed by atoms with Crippen LogP contribution >= 0.6 is 0 Å². The lowest BCUT2D eigenvalue weighted by Crippen LogP contribution is -2.49. The molecule has 1 fully saturated rings. The molecular weight excluding hydrogens is 408 g/mol. The van der Waals surface area contributed by atoms with E-state index in [1.165, 1.54) is 0 Å². The molecule has 0 N–H and O–H groups in total. The highest BCUT2D eigenvalue weighted by atomic mass is 16.5. The van der Waals surface area contributed by atoms with Gasteiger partial charge >= 0.3 is 0 Å². The summed E-state index contributed by atoms with van der Waals surface area (Å²) < 4.78 is 15.8. The van der Waals surface area contributed by atoms with Crippen LogP contribution in [0.1, 0.15) is 10.4 Å². The molecule has 0 radical (unpaired) electrons. The number of piperazine rings is 1. The van der Waals surface area contributed by atoms with Crippen LogP contribution in [-0.2, 0) is 0 Å². The summed E-state index contributed by atoms with van der Waals surface area (Å²) in [6.45, 7) is 2.66. The lowest BCUT2D eigenvalue weighted by atomic mass is 10.1. The number of aromatic nitrogens is 2. The molecule has 0 unspecified atom stereocenters. The van der Waals surface area contributed by atoms with Gasteiger partial charge in [0.2, 0.25) is 0 Å². The maximum atomic E-state index is 12.8. The highest BCUT2D eigenvalue weighted by molar-refractivity contribution is 5.94. The number of carbonyl (C=O) groups is 1. The number of ether oxygens (including phenoxy) is 3. The zero-order chi connectivity index (χ0) is 22.5. The molecule has 2 aromatic carbocycles. The first-order chi connectivity index (χ1) is 15.6. The topological polar surface area (TPSA) is 77.0 Å². The van der Waals surface area contributed by atoms with Crippen LogP contribution in [0.15, 0.2) is 54.6 Å². The fraction of sp³-hybridized carbons (Fsp3) is 0.292. The summed E-state index contributed by atoms with van der Waals surface area (Å²) in [4.78, 5) is 16.8. The van der Waals surface area contributed by atoms with Gasteiger partial charge < -0.3 is 24.0 Å². The molecule has 1 aliphatic rings. The van der Waals surface area contributed by atoms with Gasteiger partial charge in [0.05, 0.1) is 27.0 Å². The van der Waals surface area contributed by atoms with Crippen LogP contribution in [-0.4, -0.2) is 68.5 Å². The standard InChI is InChI=1S/C24H26N4O4/c1-30-19-7-4-17(5-8-19)24(29)28-14-12-27(13-15-28)23-11-9-20(25-26-23)18-6-10-21(31-2)22(16-18)32-3/h4-11,16H,12-15H2,1-3H3. The Morgan fingerprint density at radius 3 is 2.09 bits per heavy atom. The molecule has 1 saturated heterocycles. The van der Waals surface area contributed by atoms with Crippen molar-refractivity contribution >= 4 is 11.7 Å². The minimum absolute atomic E-state index is 0.0298. The quantitative estimate of drug-likeness (QED) is 0.590. The van der Waals surface area contributed by atoms with Gasteiger partial charge in [-0.2, -0.15) is 0 Å². The zero-order valence-electron chi connectivity index (χ0n) is 18.4. The first-order valence-corrected chi connectivity index (χ1v) is 10.4. The fourth-order valence-corrected chi connectivity index (χ4v) is 3.70. The Morgan fingerprint density at radius 1 is 0.781 bits per heavy atom. The Balaban J connectivity index is 1.39. The third kappa shape index (κ3) is 4.44. The second-order valence-electron chi connectivity index (χ2n) is 7.35. The first kappa shape index (κ1) is 21.4. The van der Waals surface area contributed by atoms with Gasteiger partial charge in [-0.05, 0) is 54.6 Å². The fourth-order valence-electron chi connectivity index (χ4n) is 3.70. The normalized spacial score (nSPS) is 13.6. The van der Waals surface area contributed by atoms with Crippen LogP contribution < -0.4 is 19.1 Å². The van der Waals surface area contributed by atoms with Crippen LogP contribution in [0.3, 0.4) is 0 Å². The van der Waals surface area contributed by atoms with Crippen molar-refractivity contribution in [1.29, 1.82) is 0 Å². The van der Waals surface area contributed by atoms with Crippen molar-refractivity contribution in [2.75, 3.05) is 52.4 Å². The van der Waals surface area contributed by atoms with Crippen molar-refractivity contribution in [2.24, 2.45) is 0 Å². The number of rotatable bonds is 6. The third-order valence-electron chi connectivity index (χ3n) is 5.56. The highest BCUT2D eigenvalue weighted by Gasteiger charge is 2.23. The number of nitrogens with zero attached hydrogens (tertiary/aromatic N) is 4. The highest BCUT2D eigenvalue weighted by Crippen LogP contribution is 2.31. The molecule has 8 heteroatoms. The SMILES string of the molecule is COc1ccc(C(=O)N2CCN(c3ccc(-c4ccc(OC)c(OC)c4)nn3)CC2)cc1. The molecule has 0 atom stereocenters. The van der Waals surface area contributed by atoms with Crippen molar-refractivity contribution < 1.29 is 19.0 Å². The van der Waals surface area contributed by atoms with Crippen LogP contribution in [0.25, 0.3) is 11.3 Å². The molecule has 1 aromatic heterocycles. The molecule has 8 nitrogen and oxygen atoms in total. The van der Waals surface area contributed by atoms with E-state index in [0.29, 0.717) is 43.2 Å². The maximum Gasteiger partial charge on any atom is 0.253 e. The van der Waals surface area contributed by atoms with E-state index in [0.717, 1.165) is 22.8 Å². The Bertz CT molecular complexity index is 1060. The number of amides is 1. The monoisotopic (exact) mass is 434 g/mol. The van der Waals surface area contributed by atoms with Gasteiger partial charge in [0.1, 0.15) is 5.75 Å². The zero-order valence-corrected chi connectivity index (χ0v) is 18.4. The van der Waals surface area contributed by atoms with E-state index >= 15 is 0 Å². The second kappa shape index (κ2) is 9.55. The van der Waals surface area contributed by atoms with E-state index in [1.54, 1.807) is 45.6 Å². The average molecular weight is 434 g/mol. The summed E-state index contributed by atoms with van der Waals surface area (Å²) in [6.07, 6.45) is 0. The van der Waals surface area contributed by atoms with E-state index < -0.39 is 0 Å². The van der Waals surface area contributed by atoms with Crippen LogP contribution in [0, 0.1) is 0 Å². The summed E-state index contributed by atoms with van der Waals surface area (Å²) in [7, 11) is 4.82. The summed E-state index contributed by atoms with van der Waals surface area (Å²) in [5.74, 6) is 2.88. The van der Waals surface area contributed by atoms with E-state index in [-0.39, 0.29) is 5.91 Å². The smallest absolute Gasteiger partial charge is 0.253 e. The summed E-state index contributed by atoms with van der Waals surface area (Å²) in [5.41, 5.74) is 2.32. The minimum Gasteiger partial charge on any atom is -0.497 e. The molecule has 0 bridgehead atoms. The Kier molecular flexibility index (Phi) is 6.39. The molecule has 0 spiro atoms. The van der Waals surface area contributed by atoms with Gasteiger partial charge in [0, 0.05) is 37.3 Å². The van der Waals surface area contributed by atoms with Gasteiger partial charge in [-0.15, -0.1) is 10.2 Å². The molecule has 1 aliphatic heterocycles. The lowest BCUT2D eigenvalue weighted by Gasteiger charge is -2.35. The minimum atomic E-state index is 0.0298. The lowest BCUT2D eigenvalue weighted by molar-refractivity contribution is 0.0746. The number of benzene rings is 2. The Morgan fingerprint density at radius 2 is 1.50 bits per heavy atom. The predicted octanol–water partition coefficient (Wildman–Crippen LogP) is 3.13. The van der Waals surface area contributed by atoms with Gasteiger partial charge in [0.25, 0.3) is 5.91 Å². The number of hydrogen-bond acceptors (Lipinski definition) is 7. The predicted molar refractivity (Wildman–Crippen MR) is 122 cm³/mol. The molecule has 3 aromatic rings. The largest absolute Gasteiger partial charge is 0.497 e.